The van der Waals surface area contributed by atoms with E-state index in [9.17, 15) is 0 Å². The highest BCUT2D eigenvalue weighted by Crippen LogP contribution is 2.43. The number of fused-ring (bicyclic) bond motifs is 18. The molecule has 0 aliphatic carbocycles. The van der Waals surface area contributed by atoms with Crippen LogP contribution < -0.4 is 0 Å². The highest BCUT2D eigenvalue weighted by molar-refractivity contribution is 6.18. The van der Waals surface area contributed by atoms with Crippen molar-refractivity contribution in [3.63, 3.8) is 0 Å². The van der Waals surface area contributed by atoms with Crippen LogP contribution in [-0.4, -0.2) is 35.6 Å². The molecule has 11 heteroatoms. The number of amidine groups is 1. The molecule has 0 unspecified atom stereocenters. The molecule has 21 rings (SSSR count). The zero-order valence-electron chi connectivity index (χ0n) is 55.3. The first-order valence-corrected chi connectivity index (χ1v) is 34.4. The summed E-state index contributed by atoms with van der Waals surface area (Å²) < 4.78 is 30.9. The largest absolute Gasteiger partial charge is 0.456 e. The molecule has 0 saturated carbocycles. The van der Waals surface area contributed by atoms with Gasteiger partial charge in [0.15, 0.2) is 23.3 Å². The van der Waals surface area contributed by atoms with Gasteiger partial charge in [-0.2, -0.15) is 0 Å². The van der Waals surface area contributed by atoms with Crippen molar-refractivity contribution in [3.8, 4) is 56.7 Å². The molecule has 0 fully saturated rings. The molecule has 0 saturated heterocycles. The monoisotopic (exact) mass is 1320 g/mol. The molecule has 0 aliphatic heterocycles. The van der Waals surface area contributed by atoms with Crippen LogP contribution in [0.4, 0.5) is 0 Å². The van der Waals surface area contributed by atoms with Gasteiger partial charge >= 0.3 is 0 Å². The Morgan fingerprint density at radius 3 is 1.46 bits per heavy atom. The molecule has 0 spiro atoms. The van der Waals surface area contributed by atoms with Gasteiger partial charge in [0, 0.05) is 116 Å². The van der Waals surface area contributed by atoms with Crippen molar-refractivity contribution in [2.45, 2.75) is 6.92 Å². The Morgan fingerprint density at radius 2 is 0.757 bits per heavy atom. The van der Waals surface area contributed by atoms with Crippen LogP contribution in [0.3, 0.4) is 0 Å². The third kappa shape index (κ3) is 9.40. The number of hydrogen-bond acceptors (Lipinski definition) is 8. The van der Waals surface area contributed by atoms with Gasteiger partial charge in [0.1, 0.15) is 44.7 Å². The third-order valence-electron chi connectivity index (χ3n) is 20.3. The summed E-state index contributed by atoms with van der Waals surface area (Å²) in [5, 5.41) is 12.7. The molecule has 0 atom stereocenters. The van der Waals surface area contributed by atoms with E-state index >= 15 is 0 Å². The molecule has 103 heavy (non-hydrogen) atoms. The lowest BCUT2D eigenvalue weighted by molar-refractivity contribution is 0.668. The van der Waals surface area contributed by atoms with Crippen LogP contribution in [0.5, 0.6) is 0 Å². The molecule has 14 aromatic carbocycles. The fourth-order valence-electron chi connectivity index (χ4n) is 15.4. The van der Waals surface area contributed by atoms with Crippen molar-refractivity contribution >= 4 is 149 Å². The lowest BCUT2D eigenvalue weighted by Crippen LogP contribution is -2.04. The predicted octanol–water partition coefficient (Wildman–Crippen LogP) is 24.3. The number of rotatable bonds is 10. The molecule has 0 bridgehead atoms. The minimum absolute atomic E-state index is 0.514. The fourth-order valence-corrected chi connectivity index (χ4v) is 15.4. The van der Waals surface area contributed by atoms with Crippen LogP contribution in [0.2, 0.25) is 0 Å². The van der Waals surface area contributed by atoms with E-state index in [-0.39, 0.29) is 0 Å². The van der Waals surface area contributed by atoms with Gasteiger partial charge in [-0.05, 0) is 151 Å². The maximum atomic E-state index is 6.84. The van der Waals surface area contributed by atoms with Gasteiger partial charge in [-0.15, -0.1) is 0 Å². The fraction of sp³-hybridized carbons (Fsp3) is 0.0109. The van der Waals surface area contributed by atoms with Crippen LogP contribution >= 0.6 is 0 Å². The van der Waals surface area contributed by atoms with Crippen molar-refractivity contribution in [2.75, 3.05) is 0 Å². The zero-order valence-corrected chi connectivity index (χ0v) is 55.3. The molecular weight excluding hydrogens is 1270 g/mol. The van der Waals surface area contributed by atoms with E-state index in [1.54, 1.807) is 0 Å². The Hall–Kier alpha value is -14.0. The molecule has 482 valence electrons. The summed E-state index contributed by atoms with van der Waals surface area (Å²) in [5.74, 6) is 2.11. The summed E-state index contributed by atoms with van der Waals surface area (Å²) in [4.78, 5) is 26.4. The quantitative estimate of drug-likeness (QED) is 0.0986. The number of benzene rings is 14. The summed E-state index contributed by atoms with van der Waals surface area (Å²) in [6.07, 6.45) is 0. The molecule has 7 aromatic heterocycles. The van der Waals surface area contributed by atoms with E-state index < -0.39 is 0 Å². The van der Waals surface area contributed by atoms with E-state index in [0.717, 1.165) is 182 Å². The SMILES string of the molecule is C=C(N=C(N=C(C)c1ccc2c(c1)oc1cc(-n3c4ccccc4c4cc(-c5cccc(-c6nc(-c7ccc8c(c7)oc7cc(-n9c%10ccccc%10c%10ccccc%109)ccc78)nc(-c7cccc8oc9ccccc9c78)n6)c5)ccc43)ccc12)c1ccc2oc3ccccc3c2c1)c1ccccc1. The normalized spacial score (nSPS) is 12.5. The number of nitrogens with zero attached hydrogens (tertiary/aromatic N) is 7. The van der Waals surface area contributed by atoms with Crippen LogP contribution in [-0.2, 0) is 0 Å². The van der Waals surface area contributed by atoms with Crippen LogP contribution in [0.1, 0.15) is 23.6 Å². The first-order valence-electron chi connectivity index (χ1n) is 34.4. The second kappa shape index (κ2) is 22.8. The zero-order chi connectivity index (χ0) is 68.0. The van der Waals surface area contributed by atoms with Crippen LogP contribution in [0.15, 0.2) is 338 Å². The molecule has 11 nitrogen and oxygen atoms in total. The predicted molar refractivity (Wildman–Crippen MR) is 420 cm³/mol. The average Bonchev–Trinajstić information content (AvgIpc) is 1.61. The first-order chi connectivity index (χ1) is 50.8. The van der Waals surface area contributed by atoms with Crippen molar-refractivity contribution in [3.05, 3.63) is 327 Å². The van der Waals surface area contributed by atoms with Crippen molar-refractivity contribution in [1.29, 1.82) is 0 Å². The van der Waals surface area contributed by atoms with E-state index in [0.29, 0.717) is 29.0 Å². The number of hydrogen-bond donors (Lipinski definition) is 0. The molecule has 0 aliphatic rings. The average molecular weight is 1320 g/mol. The first kappa shape index (κ1) is 58.0. The maximum absolute atomic E-state index is 6.84. The number of aliphatic imine (C=N–C) groups is 2. The molecule has 7 heterocycles. The van der Waals surface area contributed by atoms with E-state index in [1.807, 2.05) is 97.9 Å². The minimum atomic E-state index is 0.514. The molecule has 21 aromatic rings. The second-order valence-electron chi connectivity index (χ2n) is 26.4. The van der Waals surface area contributed by atoms with Gasteiger partial charge in [0.2, 0.25) is 0 Å². The summed E-state index contributed by atoms with van der Waals surface area (Å²) in [6.45, 7) is 6.39. The standard InChI is InChI=1S/C92H55N7O4/c1-53(55-18-4-3-5-19-55)93-89(60-37-45-82-75(48-60)67-25-9-14-31-80(67)100-82)94-54(2)56-34-40-68-70-43-39-63(52-86(70)102-84(68)49-56)99-78-30-13-8-24-66(78)74-47-58(36-44-79(74)99)57-20-16-21-59(46-57)90-95-91(97-92(96-90)73-27-17-33-83-88(73)72-26-10-15-32-81(72)101-83)61-35-41-69-71-42-38-62(51-87(71)103-85(69)50-61)98-76-28-11-6-22-64(76)65-23-7-12-29-77(65)98/h3-52H,1H2,2H3. The number of para-hydroxylation sites is 5. The highest BCUT2D eigenvalue weighted by atomic mass is 16.3. The summed E-state index contributed by atoms with van der Waals surface area (Å²) in [5.41, 5.74) is 21.3. The number of aromatic nitrogens is 5. The molecule has 0 amide bonds. The maximum Gasteiger partial charge on any atom is 0.164 e. The Labute approximate surface area is 587 Å². The third-order valence-corrected chi connectivity index (χ3v) is 20.3. The van der Waals surface area contributed by atoms with Gasteiger partial charge in [-0.25, -0.2) is 24.9 Å². The Morgan fingerprint density at radius 1 is 0.291 bits per heavy atom. The van der Waals surface area contributed by atoms with Gasteiger partial charge in [0.05, 0.1) is 27.8 Å². The number of furan rings is 4. The summed E-state index contributed by atoms with van der Waals surface area (Å²) in [7, 11) is 0. The van der Waals surface area contributed by atoms with Crippen LogP contribution in [0, 0.1) is 0 Å². The molecule has 0 radical (unpaired) electrons. The molecular formula is C92H55N7O4. The summed E-state index contributed by atoms with van der Waals surface area (Å²) >= 11 is 0. The second-order valence-corrected chi connectivity index (χ2v) is 26.4. The van der Waals surface area contributed by atoms with E-state index in [2.05, 4.69) is 228 Å². The van der Waals surface area contributed by atoms with Crippen molar-refractivity contribution in [1.82, 2.24) is 24.1 Å². The Bertz CT molecular complexity index is 7180. The van der Waals surface area contributed by atoms with Gasteiger partial charge < -0.3 is 26.8 Å². The van der Waals surface area contributed by atoms with E-state index in [4.69, 9.17) is 42.6 Å². The minimum Gasteiger partial charge on any atom is -0.456 e. The lowest BCUT2D eigenvalue weighted by Gasteiger charge is -2.11. The van der Waals surface area contributed by atoms with Gasteiger partial charge in [-0.1, -0.05) is 176 Å². The Balaban J connectivity index is 0.635. The Kier molecular flexibility index (Phi) is 12.8. The van der Waals surface area contributed by atoms with Crippen LogP contribution in [0.25, 0.3) is 194 Å². The summed E-state index contributed by atoms with van der Waals surface area (Å²) in [6, 6.07) is 105. The van der Waals surface area contributed by atoms with Crippen molar-refractivity contribution in [2.24, 2.45) is 9.98 Å². The lowest BCUT2D eigenvalue weighted by atomic mass is 10.0. The smallest absolute Gasteiger partial charge is 0.164 e. The molecule has 0 N–H and O–H groups in total. The van der Waals surface area contributed by atoms with Gasteiger partial charge in [0.25, 0.3) is 0 Å². The topological polar surface area (TPSA) is 126 Å². The van der Waals surface area contributed by atoms with Gasteiger partial charge in [-0.3, -0.25) is 0 Å². The van der Waals surface area contributed by atoms with Crippen molar-refractivity contribution < 1.29 is 17.7 Å². The van der Waals surface area contributed by atoms with E-state index in [1.165, 1.54) is 10.8 Å². The highest BCUT2D eigenvalue weighted by Gasteiger charge is 2.23.